The van der Waals surface area contributed by atoms with Crippen LogP contribution >= 0.6 is 0 Å². The maximum Gasteiger partial charge on any atom is 0.253 e. The van der Waals surface area contributed by atoms with Gasteiger partial charge >= 0.3 is 0 Å². The van der Waals surface area contributed by atoms with Crippen LogP contribution in [0.5, 0.6) is 5.75 Å². The second-order valence-corrected chi connectivity index (χ2v) is 8.05. The summed E-state index contributed by atoms with van der Waals surface area (Å²) in [6, 6.07) is 14.8. The van der Waals surface area contributed by atoms with Crippen LogP contribution in [0.3, 0.4) is 0 Å². The Morgan fingerprint density at radius 1 is 1.00 bits per heavy atom. The van der Waals surface area contributed by atoms with Crippen molar-refractivity contribution in [3.8, 4) is 5.75 Å². The largest absolute Gasteiger partial charge is 0.491 e. The number of anilines is 2. The Labute approximate surface area is 185 Å². The lowest BCUT2D eigenvalue weighted by atomic mass is 10.1. The van der Waals surface area contributed by atoms with Crippen molar-refractivity contribution in [2.75, 3.05) is 30.3 Å². The lowest BCUT2D eigenvalue weighted by Gasteiger charge is -2.20. The zero-order chi connectivity index (χ0) is 22.1. The Morgan fingerprint density at radius 3 is 2.39 bits per heavy atom. The molecule has 2 amide bonds. The van der Waals surface area contributed by atoms with Crippen LogP contribution in [0.15, 0.2) is 48.5 Å². The van der Waals surface area contributed by atoms with Crippen molar-refractivity contribution in [3.63, 3.8) is 0 Å². The zero-order valence-corrected chi connectivity index (χ0v) is 18.5. The molecule has 1 unspecified atom stereocenters. The summed E-state index contributed by atoms with van der Waals surface area (Å²) in [5.74, 6) is 0.686. The van der Waals surface area contributed by atoms with Gasteiger partial charge in [0.25, 0.3) is 5.91 Å². The summed E-state index contributed by atoms with van der Waals surface area (Å²) in [5.41, 5.74) is 2.09. The van der Waals surface area contributed by atoms with Crippen LogP contribution in [0, 0.1) is 0 Å². The number of nitrogens with one attached hydrogen (secondary N) is 2. The highest BCUT2D eigenvalue weighted by atomic mass is 16.5. The zero-order valence-electron chi connectivity index (χ0n) is 18.5. The maximum atomic E-state index is 12.8. The first-order valence-electron chi connectivity index (χ1n) is 11.2. The van der Waals surface area contributed by atoms with Gasteiger partial charge < -0.3 is 20.3 Å². The molecule has 0 saturated carbocycles. The van der Waals surface area contributed by atoms with Crippen LogP contribution in [-0.2, 0) is 4.79 Å². The Balaban J connectivity index is 1.51. The Hall–Kier alpha value is -3.02. The fraction of sp³-hybridized carbons (Fsp3) is 0.440. The molecule has 6 heteroatoms. The van der Waals surface area contributed by atoms with Gasteiger partial charge in [-0.25, -0.2) is 0 Å². The molecule has 0 spiro atoms. The van der Waals surface area contributed by atoms with E-state index in [4.69, 9.17) is 4.74 Å². The highest BCUT2D eigenvalue weighted by Gasteiger charge is 2.17. The molecule has 2 aromatic carbocycles. The molecule has 1 aliphatic rings. The molecular formula is C25H33N3O3. The summed E-state index contributed by atoms with van der Waals surface area (Å²) >= 11 is 0. The van der Waals surface area contributed by atoms with Gasteiger partial charge in [-0.2, -0.15) is 0 Å². The number of carbonyl (C=O) groups excluding carboxylic acids is 2. The number of hydrogen-bond acceptors (Lipinski definition) is 4. The normalized spacial score (nSPS) is 15.0. The van der Waals surface area contributed by atoms with Crippen molar-refractivity contribution in [3.05, 3.63) is 54.1 Å². The Kier molecular flexibility index (Phi) is 8.33. The van der Waals surface area contributed by atoms with E-state index in [1.807, 2.05) is 48.2 Å². The smallest absolute Gasteiger partial charge is 0.253 e. The van der Waals surface area contributed by atoms with Gasteiger partial charge in [-0.3, -0.25) is 9.59 Å². The maximum absolute atomic E-state index is 12.8. The molecule has 1 atom stereocenters. The van der Waals surface area contributed by atoms with Crippen molar-refractivity contribution in [1.29, 1.82) is 0 Å². The van der Waals surface area contributed by atoms with E-state index in [0.717, 1.165) is 43.8 Å². The Morgan fingerprint density at radius 2 is 1.71 bits per heavy atom. The molecule has 31 heavy (non-hydrogen) atoms. The molecular weight excluding hydrogens is 390 g/mol. The number of ether oxygens (including phenoxy) is 1. The van der Waals surface area contributed by atoms with Gasteiger partial charge in [-0.05, 0) is 68.7 Å². The first-order valence-corrected chi connectivity index (χ1v) is 11.2. The van der Waals surface area contributed by atoms with E-state index in [-0.39, 0.29) is 24.5 Å². The number of nitrogens with zero attached hydrogens (tertiary/aromatic N) is 1. The number of carbonyl (C=O) groups is 2. The molecule has 1 heterocycles. The molecule has 0 bridgehead atoms. The SMILES string of the molecule is CCC(C)Oc1ccc(NCC(=O)Nc2cccc(C(=O)N3CCCCCC3)c2)cc1. The van der Waals surface area contributed by atoms with Crippen LogP contribution in [-0.4, -0.2) is 42.5 Å². The summed E-state index contributed by atoms with van der Waals surface area (Å²) in [6.07, 6.45) is 5.59. The van der Waals surface area contributed by atoms with Crippen LogP contribution in [0.4, 0.5) is 11.4 Å². The second-order valence-electron chi connectivity index (χ2n) is 8.05. The topological polar surface area (TPSA) is 70.7 Å². The number of amides is 2. The number of rotatable bonds is 8. The number of likely N-dealkylation sites (tertiary alicyclic amines) is 1. The standard InChI is InChI=1S/C25H33N3O3/c1-3-19(2)31-23-13-11-21(12-14-23)26-18-24(29)27-22-10-8-9-20(17-22)25(30)28-15-6-4-5-7-16-28/h8-14,17,19,26H,3-7,15-16,18H2,1-2H3,(H,27,29). The van der Waals surface area contributed by atoms with E-state index >= 15 is 0 Å². The van der Waals surface area contributed by atoms with Gasteiger partial charge in [0.1, 0.15) is 5.75 Å². The van der Waals surface area contributed by atoms with Crippen molar-refractivity contribution in [1.82, 2.24) is 4.90 Å². The van der Waals surface area contributed by atoms with Gasteiger partial charge in [-0.15, -0.1) is 0 Å². The second kappa shape index (κ2) is 11.4. The van der Waals surface area contributed by atoms with Crippen LogP contribution in [0.25, 0.3) is 0 Å². The first kappa shape index (κ1) is 22.7. The van der Waals surface area contributed by atoms with Crippen LogP contribution in [0.2, 0.25) is 0 Å². The van der Waals surface area contributed by atoms with Gasteiger partial charge in [-0.1, -0.05) is 25.8 Å². The summed E-state index contributed by atoms with van der Waals surface area (Å²) in [5, 5.41) is 5.98. The van der Waals surface area contributed by atoms with Crippen molar-refractivity contribution < 1.29 is 14.3 Å². The van der Waals surface area contributed by atoms with Crippen LogP contribution < -0.4 is 15.4 Å². The third-order valence-electron chi connectivity index (χ3n) is 5.51. The summed E-state index contributed by atoms with van der Waals surface area (Å²) < 4.78 is 5.77. The molecule has 0 radical (unpaired) electrons. The predicted octanol–water partition coefficient (Wildman–Crippen LogP) is 4.93. The van der Waals surface area contributed by atoms with E-state index < -0.39 is 0 Å². The van der Waals surface area contributed by atoms with Crippen molar-refractivity contribution in [2.24, 2.45) is 0 Å². The fourth-order valence-corrected chi connectivity index (χ4v) is 3.54. The molecule has 2 aromatic rings. The monoisotopic (exact) mass is 423 g/mol. The molecule has 0 aliphatic carbocycles. The quantitative estimate of drug-likeness (QED) is 0.632. The third kappa shape index (κ3) is 7.02. The molecule has 2 N–H and O–H groups in total. The molecule has 3 rings (SSSR count). The highest BCUT2D eigenvalue weighted by Crippen LogP contribution is 2.18. The summed E-state index contributed by atoms with van der Waals surface area (Å²) in [6.45, 7) is 5.86. The molecule has 0 aromatic heterocycles. The molecule has 166 valence electrons. The molecule has 6 nitrogen and oxygen atoms in total. The average molecular weight is 424 g/mol. The first-order chi connectivity index (χ1) is 15.0. The Bertz CT molecular complexity index is 859. The van der Waals surface area contributed by atoms with Crippen molar-refractivity contribution in [2.45, 2.75) is 52.1 Å². The predicted molar refractivity (Wildman–Crippen MR) is 125 cm³/mol. The van der Waals surface area contributed by atoms with Gasteiger partial charge in [0.05, 0.1) is 12.6 Å². The summed E-state index contributed by atoms with van der Waals surface area (Å²) in [4.78, 5) is 27.1. The fourth-order valence-electron chi connectivity index (χ4n) is 3.54. The molecule has 1 aliphatic heterocycles. The van der Waals surface area contributed by atoms with Crippen molar-refractivity contribution >= 4 is 23.2 Å². The van der Waals surface area contributed by atoms with E-state index in [2.05, 4.69) is 17.6 Å². The summed E-state index contributed by atoms with van der Waals surface area (Å²) in [7, 11) is 0. The number of benzene rings is 2. The minimum Gasteiger partial charge on any atom is -0.491 e. The van der Waals surface area contributed by atoms with E-state index in [1.54, 1.807) is 12.1 Å². The average Bonchev–Trinajstić information content (AvgIpc) is 3.08. The minimum absolute atomic E-state index is 0.0378. The van der Waals surface area contributed by atoms with Gasteiger partial charge in [0, 0.05) is 30.0 Å². The lowest BCUT2D eigenvalue weighted by Crippen LogP contribution is -2.31. The minimum atomic E-state index is -0.167. The van der Waals surface area contributed by atoms with E-state index in [0.29, 0.717) is 11.3 Å². The van der Waals surface area contributed by atoms with Gasteiger partial charge in [0.15, 0.2) is 0 Å². The van der Waals surface area contributed by atoms with Gasteiger partial charge in [0.2, 0.25) is 5.91 Å². The van der Waals surface area contributed by atoms with Crippen LogP contribution in [0.1, 0.15) is 56.3 Å². The number of hydrogen-bond donors (Lipinski definition) is 2. The molecule has 1 saturated heterocycles. The third-order valence-corrected chi connectivity index (χ3v) is 5.51. The van der Waals surface area contributed by atoms with E-state index in [1.165, 1.54) is 12.8 Å². The highest BCUT2D eigenvalue weighted by molar-refractivity contribution is 5.98. The van der Waals surface area contributed by atoms with E-state index in [9.17, 15) is 9.59 Å². The molecule has 1 fully saturated rings. The lowest BCUT2D eigenvalue weighted by molar-refractivity contribution is -0.114.